The molecule has 1 fully saturated rings. The molecule has 0 unspecified atom stereocenters. The van der Waals surface area contributed by atoms with E-state index in [0.717, 1.165) is 22.6 Å². The molecule has 1 aliphatic rings. The van der Waals surface area contributed by atoms with Crippen molar-refractivity contribution in [2.75, 3.05) is 44.6 Å². The first-order valence-electron chi connectivity index (χ1n) is 11.3. The average molecular weight is 438 g/mol. The summed E-state index contributed by atoms with van der Waals surface area (Å²) in [4.78, 5) is 29.0. The summed E-state index contributed by atoms with van der Waals surface area (Å²) in [6, 6.07) is 12.0. The lowest BCUT2D eigenvalue weighted by molar-refractivity contribution is -0.135. The number of piperazine rings is 1. The Hall–Kier alpha value is -2.86. The summed E-state index contributed by atoms with van der Waals surface area (Å²) in [6.45, 7) is 13.3. The first kappa shape index (κ1) is 23.8. The number of amides is 2. The average Bonchev–Trinajstić information content (AvgIpc) is 2.75. The Morgan fingerprint density at radius 3 is 2.22 bits per heavy atom. The molecule has 32 heavy (non-hydrogen) atoms. The van der Waals surface area contributed by atoms with Crippen molar-refractivity contribution in [2.24, 2.45) is 0 Å². The lowest BCUT2D eigenvalue weighted by Crippen LogP contribution is -2.51. The molecule has 0 atom stereocenters. The van der Waals surface area contributed by atoms with Crippen molar-refractivity contribution >= 4 is 17.5 Å². The molecule has 0 saturated carbocycles. The molecule has 0 aliphatic carbocycles. The van der Waals surface area contributed by atoms with Crippen LogP contribution in [0.4, 0.5) is 5.69 Å². The number of anilines is 1. The van der Waals surface area contributed by atoms with Crippen LogP contribution in [-0.2, 0) is 9.59 Å². The van der Waals surface area contributed by atoms with Gasteiger partial charge >= 0.3 is 0 Å². The lowest BCUT2D eigenvalue weighted by Gasteiger charge is -2.34. The Morgan fingerprint density at radius 1 is 0.969 bits per heavy atom. The number of hydrogen-bond acceptors (Lipinski definition) is 4. The maximum absolute atomic E-state index is 12.6. The monoisotopic (exact) mass is 437 g/mol. The van der Waals surface area contributed by atoms with E-state index in [-0.39, 0.29) is 18.4 Å². The fraction of sp³-hybridized carbons (Fsp3) is 0.462. The number of carbonyl (C=O) groups excluding carboxylic acids is 2. The van der Waals surface area contributed by atoms with Crippen LogP contribution in [-0.4, -0.2) is 60.9 Å². The van der Waals surface area contributed by atoms with Crippen molar-refractivity contribution in [3.05, 3.63) is 58.7 Å². The first-order valence-corrected chi connectivity index (χ1v) is 11.3. The Bertz CT molecular complexity index is 943. The van der Waals surface area contributed by atoms with Gasteiger partial charge in [0.15, 0.2) is 6.61 Å². The first-order chi connectivity index (χ1) is 15.2. The Balaban J connectivity index is 1.43. The van der Waals surface area contributed by atoms with Gasteiger partial charge < -0.3 is 15.0 Å². The fourth-order valence-corrected chi connectivity index (χ4v) is 4.17. The second-order valence-electron chi connectivity index (χ2n) is 8.93. The van der Waals surface area contributed by atoms with Crippen LogP contribution in [0.5, 0.6) is 5.75 Å². The van der Waals surface area contributed by atoms with Gasteiger partial charge in [-0.1, -0.05) is 38.1 Å². The topological polar surface area (TPSA) is 61.9 Å². The van der Waals surface area contributed by atoms with Crippen LogP contribution >= 0.6 is 0 Å². The van der Waals surface area contributed by atoms with Gasteiger partial charge in [-0.05, 0) is 61.1 Å². The molecule has 0 aromatic heterocycles. The zero-order valence-electron chi connectivity index (χ0n) is 19.9. The highest BCUT2D eigenvalue weighted by Crippen LogP contribution is 2.23. The smallest absolute Gasteiger partial charge is 0.260 e. The third-order valence-electron chi connectivity index (χ3n) is 6.06. The van der Waals surface area contributed by atoms with Crippen LogP contribution in [0.3, 0.4) is 0 Å². The van der Waals surface area contributed by atoms with Crippen LogP contribution in [0, 0.1) is 20.8 Å². The van der Waals surface area contributed by atoms with E-state index in [9.17, 15) is 9.59 Å². The second kappa shape index (κ2) is 10.6. The van der Waals surface area contributed by atoms with E-state index < -0.39 is 0 Å². The minimum absolute atomic E-state index is 0.0183. The molecule has 0 spiro atoms. The van der Waals surface area contributed by atoms with Gasteiger partial charge in [-0.15, -0.1) is 0 Å². The molecule has 6 nitrogen and oxygen atoms in total. The minimum atomic E-state index is -0.0225. The number of hydrogen-bond donors (Lipinski definition) is 1. The van der Waals surface area contributed by atoms with Crippen LogP contribution < -0.4 is 10.1 Å². The molecule has 1 saturated heterocycles. The van der Waals surface area contributed by atoms with Crippen LogP contribution in [0.25, 0.3) is 0 Å². The number of nitrogens with one attached hydrogen (secondary N) is 1. The van der Waals surface area contributed by atoms with E-state index in [1.54, 1.807) is 0 Å². The molecule has 6 heteroatoms. The summed E-state index contributed by atoms with van der Waals surface area (Å²) in [5.41, 5.74) is 5.48. The van der Waals surface area contributed by atoms with E-state index >= 15 is 0 Å². The van der Waals surface area contributed by atoms with Gasteiger partial charge in [0.05, 0.1) is 6.54 Å². The van der Waals surface area contributed by atoms with Crippen LogP contribution in [0.15, 0.2) is 36.4 Å². The standard InChI is InChI=1S/C26H35N3O3/c1-18(2)23-10-9-22(15-21(23)5)32-17-25(31)29-13-11-28(12-14-29)16-24(30)27-26-19(3)7-6-8-20(26)4/h6-10,15,18H,11-14,16-17H2,1-5H3,(H,27,30). The van der Waals surface area contributed by atoms with Gasteiger partial charge in [0.25, 0.3) is 5.91 Å². The number of rotatable bonds is 7. The molecule has 2 aromatic rings. The Labute approximate surface area is 191 Å². The molecule has 172 valence electrons. The van der Waals surface area contributed by atoms with E-state index in [1.807, 2.05) is 49.1 Å². The Morgan fingerprint density at radius 2 is 1.62 bits per heavy atom. The van der Waals surface area contributed by atoms with Gasteiger partial charge in [0, 0.05) is 31.9 Å². The molecule has 2 aromatic carbocycles. The largest absolute Gasteiger partial charge is 0.484 e. The number of carbonyl (C=O) groups is 2. The molecule has 2 amide bonds. The van der Waals surface area contributed by atoms with Crippen molar-refractivity contribution in [3.63, 3.8) is 0 Å². The third-order valence-corrected chi connectivity index (χ3v) is 6.06. The molecule has 1 N–H and O–H groups in total. The van der Waals surface area contributed by atoms with Crippen molar-refractivity contribution in [1.82, 2.24) is 9.80 Å². The van der Waals surface area contributed by atoms with Crippen molar-refractivity contribution in [3.8, 4) is 5.75 Å². The van der Waals surface area contributed by atoms with Gasteiger partial charge in [0.1, 0.15) is 5.75 Å². The maximum atomic E-state index is 12.6. The molecule has 1 aliphatic heterocycles. The van der Waals surface area contributed by atoms with Crippen LogP contribution in [0.2, 0.25) is 0 Å². The predicted molar refractivity (Wildman–Crippen MR) is 128 cm³/mol. The summed E-state index contributed by atoms with van der Waals surface area (Å²) in [5.74, 6) is 1.15. The van der Waals surface area contributed by atoms with Crippen molar-refractivity contribution in [2.45, 2.75) is 40.5 Å². The van der Waals surface area contributed by atoms with Gasteiger partial charge in [0.2, 0.25) is 5.91 Å². The predicted octanol–water partition coefficient (Wildman–Crippen LogP) is 3.90. The highest BCUT2D eigenvalue weighted by molar-refractivity contribution is 5.93. The second-order valence-corrected chi connectivity index (χ2v) is 8.93. The van der Waals surface area contributed by atoms with Crippen LogP contribution in [0.1, 0.15) is 42.0 Å². The van der Waals surface area contributed by atoms with E-state index in [2.05, 4.69) is 37.1 Å². The summed E-state index contributed by atoms with van der Waals surface area (Å²) in [6.07, 6.45) is 0. The molecule has 0 radical (unpaired) electrons. The highest BCUT2D eigenvalue weighted by atomic mass is 16.5. The third kappa shape index (κ3) is 6.10. The summed E-state index contributed by atoms with van der Waals surface area (Å²) in [5, 5.41) is 3.03. The lowest BCUT2D eigenvalue weighted by atomic mass is 9.98. The normalized spacial score (nSPS) is 14.5. The molecule has 0 bridgehead atoms. The molecular weight excluding hydrogens is 402 g/mol. The number of benzene rings is 2. The maximum Gasteiger partial charge on any atom is 0.260 e. The molecule has 1 heterocycles. The van der Waals surface area contributed by atoms with E-state index in [1.165, 1.54) is 11.1 Å². The number of aryl methyl sites for hydroxylation is 3. The minimum Gasteiger partial charge on any atom is -0.484 e. The quantitative estimate of drug-likeness (QED) is 0.714. The SMILES string of the molecule is Cc1cc(OCC(=O)N2CCN(CC(=O)Nc3c(C)cccc3C)CC2)ccc1C(C)C. The number of ether oxygens (including phenoxy) is 1. The highest BCUT2D eigenvalue weighted by Gasteiger charge is 2.23. The van der Waals surface area contributed by atoms with Gasteiger partial charge in [-0.25, -0.2) is 0 Å². The summed E-state index contributed by atoms with van der Waals surface area (Å²) < 4.78 is 5.75. The zero-order valence-corrected chi connectivity index (χ0v) is 19.9. The number of para-hydroxylation sites is 1. The van der Waals surface area contributed by atoms with Crippen molar-refractivity contribution in [1.29, 1.82) is 0 Å². The Kier molecular flexibility index (Phi) is 7.91. The van der Waals surface area contributed by atoms with Gasteiger partial charge in [-0.3, -0.25) is 14.5 Å². The molecular formula is C26H35N3O3. The fourth-order valence-electron chi connectivity index (χ4n) is 4.17. The number of nitrogens with zero attached hydrogens (tertiary/aromatic N) is 2. The van der Waals surface area contributed by atoms with E-state index in [4.69, 9.17) is 4.74 Å². The van der Waals surface area contributed by atoms with Crippen molar-refractivity contribution < 1.29 is 14.3 Å². The van der Waals surface area contributed by atoms with E-state index in [0.29, 0.717) is 38.6 Å². The zero-order chi connectivity index (χ0) is 23.3. The summed E-state index contributed by atoms with van der Waals surface area (Å²) >= 11 is 0. The summed E-state index contributed by atoms with van der Waals surface area (Å²) in [7, 11) is 0. The molecule has 3 rings (SSSR count). The van der Waals surface area contributed by atoms with Gasteiger partial charge in [-0.2, -0.15) is 0 Å².